The van der Waals surface area contributed by atoms with Crippen LogP contribution in [0.15, 0.2) is 18.2 Å². The minimum absolute atomic E-state index is 0.0720. The summed E-state index contributed by atoms with van der Waals surface area (Å²) < 4.78 is 13.2. The highest BCUT2D eigenvalue weighted by molar-refractivity contribution is 6.02. The average molecular weight is 275 g/mol. The van der Waals surface area contributed by atoms with Crippen LogP contribution in [0.5, 0.6) is 0 Å². The molecule has 20 heavy (non-hydrogen) atoms. The van der Waals surface area contributed by atoms with Gasteiger partial charge in [0, 0.05) is 25.2 Å². The van der Waals surface area contributed by atoms with Crippen molar-refractivity contribution in [1.82, 2.24) is 9.80 Å². The Morgan fingerprint density at radius 3 is 2.75 bits per heavy atom. The highest BCUT2D eigenvalue weighted by Crippen LogP contribution is 2.23. The zero-order chi connectivity index (χ0) is 14.1. The third-order valence-electron chi connectivity index (χ3n) is 4.04. The summed E-state index contributed by atoms with van der Waals surface area (Å²) in [6, 6.07) is 4.48. The van der Waals surface area contributed by atoms with Crippen molar-refractivity contribution in [3.8, 4) is 0 Å². The predicted molar refractivity (Wildman–Crippen MR) is 74.1 cm³/mol. The molecule has 3 rings (SSSR count). The van der Waals surface area contributed by atoms with Crippen molar-refractivity contribution in [3.63, 3.8) is 0 Å². The van der Waals surface area contributed by atoms with Gasteiger partial charge in [0.15, 0.2) is 0 Å². The van der Waals surface area contributed by atoms with Gasteiger partial charge in [0.1, 0.15) is 11.7 Å². The first-order valence-electron chi connectivity index (χ1n) is 7.05. The van der Waals surface area contributed by atoms with Crippen molar-refractivity contribution < 1.29 is 9.18 Å². The van der Waals surface area contributed by atoms with Gasteiger partial charge in [0.05, 0.1) is 6.54 Å². The Hall–Kier alpha value is -1.91. The number of piperidine rings is 1. The maximum absolute atomic E-state index is 13.2. The van der Waals surface area contributed by atoms with Gasteiger partial charge in [-0.1, -0.05) is 6.07 Å². The first-order chi connectivity index (χ1) is 9.65. The Kier molecular flexibility index (Phi) is 3.42. The Morgan fingerprint density at radius 1 is 1.25 bits per heavy atom. The van der Waals surface area contributed by atoms with Crippen molar-refractivity contribution in [3.05, 3.63) is 35.1 Å². The van der Waals surface area contributed by atoms with Crippen LogP contribution in [0.1, 0.15) is 30.4 Å². The van der Waals surface area contributed by atoms with E-state index in [4.69, 9.17) is 5.41 Å². The van der Waals surface area contributed by atoms with E-state index in [2.05, 4.69) is 0 Å². The van der Waals surface area contributed by atoms with E-state index in [1.165, 1.54) is 18.6 Å². The lowest BCUT2D eigenvalue weighted by Gasteiger charge is -2.29. The monoisotopic (exact) mass is 275 g/mol. The average Bonchev–Trinajstić information content (AvgIpc) is 2.76. The number of fused-ring (bicyclic) bond motifs is 1. The molecule has 1 N–H and O–H groups in total. The Balaban J connectivity index is 1.68. The van der Waals surface area contributed by atoms with Crippen molar-refractivity contribution in [1.29, 1.82) is 5.41 Å². The number of rotatable bonds is 2. The Morgan fingerprint density at radius 2 is 2.00 bits per heavy atom. The van der Waals surface area contributed by atoms with Gasteiger partial charge in [-0.3, -0.25) is 10.2 Å². The molecule has 0 aliphatic carbocycles. The van der Waals surface area contributed by atoms with E-state index in [1.807, 2.05) is 4.90 Å². The molecule has 2 aliphatic rings. The summed E-state index contributed by atoms with van der Waals surface area (Å²) in [5.74, 6) is -0.00899. The van der Waals surface area contributed by atoms with E-state index in [1.54, 1.807) is 11.0 Å². The molecule has 1 aromatic carbocycles. The molecule has 106 valence electrons. The number of carbonyl (C=O) groups is 1. The molecule has 1 aromatic rings. The number of hydrogen-bond acceptors (Lipinski definition) is 2. The van der Waals surface area contributed by atoms with Gasteiger partial charge in [0.2, 0.25) is 5.91 Å². The molecule has 0 saturated carbocycles. The Labute approximate surface area is 117 Å². The number of amides is 1. The second kappa shape index (κ2) is 5.23. The summed E-state index contributed by atoms with van der Waals surface area (Å²) in [6.45, 7) is 2.38. The van der Waals surface area contributed by atoms with Gasteiger partial charge in [-0.05, 0) is 37.0 Å². The summed E-state index contributed by atoms with van der Waals surface area (Å²) in [4.78, 5) is 15.8. The van der Waals surface area contributed by atoms with E-state index < -0.39 is 0 Å². The quantitative estimate of drug-likeness (QED) is 0.897. The normalized spacial score (nSPS) is 18.4. The van der Waals surface area contributed by atoms with Crippen LogP contribution >= 0.6 is 0 Å². The maximum atomic E-state index is 13.2. The second-order valence-corrected chi connectivity index (χ2v) is 5.45. The molecule has 0 aromatic heterocycles. The molecule has 2 aliphatic heterocycles. The molecule has 0 bridgehead atoms. The summed E-state index contributed by atoms with van der Waals surface area (Å²) in [5, 5.41) is 8.08. The van der Waals surface area contributed by atoms with E-state index >= 15 is 0 Å². The Bertz CT molecular complexity index is 552. The number of hydrogen-bond donors (Lipinski definition) is 1. The van der Waals surface area contributed by atoms with E-state index in [-0.39, 0.29) is 24.1 Å². The molecule has 2 heterocycles. The molecule has 4 nitrogen and oxygen atoms in total. The molecule has 1 saturated heterocycles. The van der Waals surface area contributed by atoms with Crippen LogP contribution in [0.2, 0.25) is 0 Å². The summed E-state index contributed by atoms with van der Waals surface area (Å²) in [5.41, 5.74) is 1.53. The maximum Gasteiger partial charge on any atom is 0.242 e. The number of carbonyl (C=O) groups excluding carboxylic acids is 1. The fourth-order valence-electron chi connectivity index (χ4n) is 2.90. The van der Waals surface area contributed by atoms with Crippen LogP contribution < -0.4 is 0 Å². The van der Waals surface area contributed by atoms with Crippen molar-refractivity contribution in [2.75, 3.05) is 19.6 Å². The minimum Gasteiger partial charge on any atom is -0.343 e. The highest BCUT2D eigenvalue weighted by atomic mass is 19.1. The molecule has 0 unspecified atom stereocenters. The number of nitrogens with zero attached hydrogens (tertiary/aromatic N) is 2. The van der Waals surface area contributed by atoms with Gasteiger partial charge < -0.3 is 9.80 Å². The van der Waals surface area contributed by atoms with Crippen LogP contribution in [-0.4, -0.2) is 41.2 Å². The first-order valence-corrected chi connectivity index (χ1v) is 7.05. The number of halogens is 1. The van der Waals surface area contributed by atoms with E-state index in [0.29, 0.717) is 12.1 Å². The van der Waals surface area contributed by atoms with Crippen molar-refractivity contribution in [2.45, 2.75) is 25.8 Å². The third kappa shape index (κ3) is 2.40. The van der Waals surface area contributed by atoms with Gasteiger partial charge >= 0.3 is 0 Å². The van der Waals surface area contributed by atoms with Crippen molar-refractivity contribution >= 4 is 11.7 Å². The van der Waals surface area contributed by atoms with Crippen LogP contribution in [0.3, 0.4) is 0 Å². The number of amidine groups is 1. The van der Waals surface area contributed by atoms with Crippen LogP contribution in [0.25, 0.3) is 0 Å². The van der Waals surface area contributed by atoms with Crippen LogP contribution in [0.4, 0.5) is 4.39 Å². The summed E-state index contributed by atoms with van der Waals surface area (Å²) in [6.07, 6.45) is 3.32. The fraction of sp³-hybridized carbons (Fsp3) is 0.467. The van der Waals surface area contributed by atoms with Gasteiger partial charge in [-0.15, -0.1) is 0 Å². The summed E-state index contributed by atoms with van der Waals surface area (Å²) in [7, 11) is 0. The molecule has 5 heteroatoms. The standard InChI is InChI=1S/C15H18FN3O/c16-12-5-4-11-9-19(15(17)13(11)8-12)10-14(20)18-6-2-1-3-7-18/h4-5,8,17H,1-3,6-7,9-10H2. The third-order valence-corrected chi connectivity index (χ3v) is 4.04. The van der Waals surface area contributed by atoms with Crippen molar-refractivity contribution in [2.24, 2.45) is 0 Å². The second-order valence-electron chi connectivity index (χ2n) is 5.45. The molecule has 0 spiro atoms. The minimum atomic E-state index is -0.335. The molecule has 0 radical (unpaired) electrons. The topological polar surface area (TPSA) is 47.4 Å². The number of benzene rings is 1. The lowest BCUT2D eigenvalue weighted by molar-refractivity contribution is -0.132. The predicted octanol–water partition coefficient (Wildman–Crippen LogP) is 1.98. The SMILES string of the molecule is N=C1c2cc(F)ccc2CN1CC(=O)N1CCCCC1. The van der Waals surface area contributed by atoms with Gasteiger partial charge in [-0.2, -0.15) is 0 Å². The number of nitrogens with one attached hydrogen (secondary N) is 1. The van der Waals surface area contributed by atoms with Gasteiger partial charge in [-0.25, -0.2) is 4.39 Å². The molecular formula is C15H18FN3O. The van der Waals surface area contributed by atoms with E-state index in [9.17, 15) is 9.18 Å². The zero-order valence-electron chi connectivity index (χ0n) is 11.4. The largest absolute Gasteiger partial charge is 0.343 e. The van der Waals surface area contributed by atoms with E-state index in [0.717, 1.165) is 31.5 Å². The van der Waals surface area contributed by atoms with Crippen LogP contribution in [0, 0.1) is 11.2 Å². The molecule has 0 atom stereocenters. The lowest BCUT2D eigenvalue weighted by Crippen LogP contribution is -2.42. The van der Waals surface area contributed by atoms with Gasteiger partial charge in [0.25, 0.3) is 0 Å². The highest BCUT2D eigenvalue weighted by Gasteiger charge is 2.28. The molecular weight excluding hydrogens is 257 g/mol. The smallest absolute Gasteiger partial charge is 0.242 e. The fourth-order valence-corrected chi connectivity index (χ4v) is 2.90. The number of likely N-dealkylation sites (tertiary alicyclic amines) is 1. The lowest BCUT2D eigenvalue weighted by atomic mass is 10.1. The summed E-state index contributed by atoms with van der Waals surface area (Å²) >= 11 is 0. The molecule has 1 fully saturated rings. The van der Waals surface area contributed by atoms with Crippen LogP contribution in [-0.2, 0) is 11.3 Å². The molecule has 1 amide bonds. The zero-order valence-corrected chi connectivity index (χ0v) is 11.4. The first kappa shape index (κ1) is 13.1.